The highest BCUT2D eigenvalue weighted by Gasteiger charge is 2.22. The molecule has 0 saturated carbocycles. The first kappa shape index (κ1) is 20.1. The third-order valence-corrected chi connectivity index (χ3v) is 5.47. The molecule has 1 aliphatic rings. The summed E-state index contributed by atoms with van der Waals surface area (Å²) in [5.74, 6) is 1.52. The quantitative estimate of drug-likeness (QED) is 0.610. The van der Waals surface area contributed by atoms with Gasteiger partial charge in [0, 0.05) is 12.6 Å². The van der Waals surface area contributed by atoms with Gasteiger partial charge < -0.3 is 14.2 Å². The van der Waals surface area contributed by atoms with E-state index in [9.17, 15) is 4.79 Å². The summed E-state index contributed by atoms with van der Waals surface area (Å²) in [4.78, 5) is 18.7. The normalized spacial score (nSPS) is 14.1. The number of aryl methyl sites for hydroxylation is 3. The number of rotatable bonds is 6. The third kappa shape index (κ3) is 4.53. The van der Waals surface area contributed by atoms with Crippen LogP contribution in [-0.2, 0) is 24.2 Å². The van der Waals surface area contributed by atoms with Gasteiger partial charge in [0.2, 0.25) is 11.7 Å². The monoisotopic (exact) mass is 405 g/mol. The summed E-state index contributed by atoms with van der Waals surface area (Å²) < 4.78 is 11.3. The Hall–Kier alpha value is -3.15. The molecule has 1 aliphatic carbocycles. The highest BCUT2D eigenvalue weighted by atomic mass is 16.5. The minimum atomic E-state index is -0.601. The molecule has 6 heteroatoms. The van der Waals surface area contributed by atoms with Crippen LogP contribution in [0.25, 0.3) is 11.4 Å². The number of ether oxygens (including phenoxy) is 1. The first-order valence-electron chi connectivity index (χ1n) is 10.4. The molecular formula is C24H27N3O3. The smallest absolute Gasteiger partial charge is 0.263 e. The van der Waals surface area contributed by atoms with Crippen molar-refractivity contribution in [1.29, 1.82) is 0 Å². The predicted octanol–water partition coefficient (Wildman–Crippen LogP) is 4.35. The number of nitrogens with zero attached hydrogens (tertiary/aromatic N) is 3. The number of amides is 1. The lowest BCUT2D eigenvalue weighted by atomic mass is 9.92. The fourth-order valence-corrected chi connectivity index (χ4v) is 3.85. The number of carbonyl (C=O) groups excluding carboxylic acids is 1. The van der Waals surface area contributed by atoms with E-state index in [2.05, 4.69) is 22.3 Å². The van der Waals surface area contributed by atoms with Crippen LogP contribution in [0.5, 0.6) is 5.75 Å². The highest BCUT2D eigenvalue weighted by molar-refractivity contribution is 5.80. The molecule has 1 atom stereocenters. The Morgan fingerprint density at radius 3 is 2.77 bits per heavy atom. The maximum absolute atomic E-state index is 12.8. The van der Waals surface area contributed by atoms with Gasteiger partial charge in [-0.2, -0.15) is 4.98 Å². The van der Waals surface area contributed by atoms with Gasteiger partial charge in [0.05, 0.1) is 6.54 Å². The number of likely N-dealkylation sites (N-methyl/N-ethyl adjacent to an activating group) is 1. The van der Waals surface area contributed by atoms with Crippen LogP contribution in [0.3, 0.4) is 0 Å². The number of aromatic nitrogens is 2. The summed E-state index contributed by atoms with van der Waals surface area (Å²) >= 11 is 0. The van der Waals surface area contributed by atoms with Gasteiger partial charge >= 0.3 is 0 Å². The van der Waals surface area contributed by atoms with Gasteiger partial charge in [0.15, 0.2) is 6.10 Å². The van der Waals surface area contributed by atoms with E-state index in [1.165, 1.54) is 24.0 Å². The molecule has 1 heterocycles. The lowest BCUT2D eigenvalue weighted by Crippen LogP contribution is -2.37. The van der Waals surface area contributed by atoms with Crippen molar-refractivity contribution < 1.29 is 14.1 Å². The Morgan fingerprint density at radius 1 is 1.17 bits per heavy atom. The zero-order chi connectivity index (χ0) is 21.1. The maximum Gasteiger partial charge on any atom is 0.263 e. The summed E-state index contributed by atoms with van der Waals surface area (Å²) in [5.41, 5.74) is 4.74. The molecule has 30 heavy (non-hydrogen) atoms. The number of carbonyl (C=O) groups is 1. The fourth-order valence-electron chi connectivity index (χ4n) is 3.85. The standard InChI is InChI=1S/C24H27N3O3/c1-16-7-6-10-20(13-16)23-25-22(30-26-23)15-27(3)24(28)17(2)29-21-12-11-18-8-4-5-9-19(18)14-21/h6-7,10-14,17H,4-5,8-9,15H2,1-3H3. The Balaban J connectivity index is 1.37. The van der Waals surface area contributed by atoms with Gasteiger partial charge in [0.1, 0.15) is 5.75 Å². The molecule has 2 aromatic carbocycles. The maximum atomic E-state index is 12.8. The summed E-state index contributed by atoms with van der Waals surface area (Å²) in [6.07, 6.45) is 4.06. The molecular weight excluding hydrogens is 378 g/mol. The molecule has 4 rings (SSSR count). The average Bonchev–Trinajstić information content (AvgIpc) is 3.21. The Kier molecular flexibility index (Phi) is 5.84. The molecule has 0 spiro atoms. The van der Waals surface area contributed by atoms with Gasteiger partial charge in [-0.15, -0.1) is 0 Å². The van der Waals surface area contributed by atoms with Crippen molar-refractivity contribution in [3.63, 3.8) is 0 Å². The van der Waals surface area contributed by atoms with Gasteiger partial charge in [0.25, 0.3) is 5.91 Å². The summed E-state index contributed by atoms with van der Waals surface area (Å²) in [6.45, 7) is 4.01. The molecule has 0 radical (unpaired) electrons. The van der Waals surface area contributed by atoms with Crippen molar-refractivity contribution in [3.05, 3.63) is 65.0 Å². The lowest BCUT2D eigenvalue weighted by Gasteiger charge is -2.22. The molecule has 0 saturated heterocycles. The second kappa shape index (κ2) is 8.69. The molecule has 0 fully saturated rings. The second-order valence-corrected chi connectivity index (χ2v) is 7.97. The van der Waals surface area contributed by atoms with Crippen LogP contribution in [-0.4, -0.2) is 34.1 Å². The molecule has 1 amide bonds. The number of hydrogen-bond acceptors (Lipinski definition) is 5. The lowest BCUT2D eigenvalue weighted by molar-refractivity contribution is -0.137. The minimum Gasteiger partial charge on any atom is -0.481 e. The largest absolute Gasteiger partial charge is 0.481 e. The number of hydrogen-bond donors (Lipinski definition) is 0. The zero-order valence-corrected chi connectivity index (χ0v) is 17.7. The predicted molar refractivity (Wildman–Crippen MR) is 114 cm³/mol. The van der Waals surface area contributed by atoms with Crippen LogP contribution in [0.1, 0.15) is 42.3 Å². The van der Waals surface area contributed by atoms with E-state index in [-0.39, 0.29) is 12.5 Å². The Bertz CT molecular complexity index is 1040. The van der Waals surface area contributed by atoms with Crippen LogP contribution in [0.2, 0.25) is 0 Å². The van der Waals surface area contributed by atoms with Gasteiger partial charge in [-0.1, -0.05) is 35.0 Å². The molecule has 0 N–H and O–H groups in total. The third-order valence-electron chi connectivity index (χ3n) is 5.47. The van der Waals surface area contributed by atoms with E-state index >= 15 is 0 Å². The molecule has 0 aliphatic heterocycles. The van der Waals surface area contributed by atoms with Crippen molar-refractivity contribution in [2.24, 2.45) is 0 Å². The number of fused-ring (bicyclic) bond motifs is 1. The van der Waals surface area contributed by atoms with E-state index in [1.54, 1.807) is 18.9 Å². The first-order valence-corrected chi connectivity index (χ1v) is 10.4. The van der Waals surface area contributed by atoms with Crippen LogP contribution in [0.4, 0.5) is 0 Å². The summed E-state index contributed by atoms with van der Waals surface area (Å²) in [6, 6.07) is 14.1. The highest BCUT2D eigenvalue weighted by Crippen LogP contribution is 2.26. The van der Waals surface area contributed by atoms with Crippen molar-refractivity contribution in [1.82, 2.24) is 15.0 Å². The molecule has 3 aromatic rings. The molecule has 0 bridgehead atoms. The van der Waals surface area contributed by atoms with Crippen molar-refractivity contribution >= 4 is 5.91 Å². The zero-order valence-electron chi connectivity index (χ0n) is 17.7. The van der Waals surface area contributed by atoms with Crippen LogP contribution in [0, 0.1) is 6.92 Å². The van der Waals surface area contributed by atoms with Crippen LogP contribution < -0.4 is 4.74 Å². The van der Waals surface area contributed by atoms with E-state index in [0.717, 1.165) is 29.7 Å². The molecule has 1 aromatic heterocycles. The van der Waals surface area contributed by atoms with E-state index in [0.29, 0.717) is 11.7 Å². The van der Waals surface area contributed by atoms with Crippen LogP contribution >= 0.6 is 0 Å². The summed E-state index contributed by atoms with van der Waals surface area (Å²) in [7, 11) is 1.71. The Labute approximate surface area is 176 Å². The Morgan fingerprint density at radius 2 is 1.97 bits per heavy atom. The van der Waals surface area contributed by atoms with Gasteiger partial charge in [-0.05, 0) is 68.9 Å². The van der Waals surface area contributed by atoms with Gasteiger partial charge in [-0.25, -0.2) is 0 Å². The molecule has 6 nitrogen and oxygen atoms in total. The van der Waals surface area contributed by atoms with Crippen molar-refractivity contribution in [3.8, 4) is 17.1 Å². The molecule has 1 unspecified atom stereocenters. The minimum absolute atomic E-state index is 0.136. The topological polar surface area (TPSA) is 68.5 Å². The van der Waals surface area contributed by atoms with E-state index < -0.39 is 6.10 Å². The van der Waals surface area contributed by atoms with Crippen LogP contribution in [0.15, 0.2) is 47.0 Å². The molecule has 156 valence electrons. The fraction of sp³-hybridized carbons (Fsp3) is 0.375. The summed E-state index contributed by atoms with van der Waals surface area (Å²) in [5, 5.41) is 4.04. The van der Waals surface area contributed by atoms with E-state index in [1.807, 2.05) is 37.3 Å². The average molecular weight is 405 g/mol. The van der Waals surface area contributed by atoms with Crippen molar-refractivity contribution in [2.45, 2.75) is 52.2 Å². The van der Waals surface area contributed by atoms with Crippen molar-refractivity contribution in [2.75, 3.05) is 7.05 Å². The first-order chi connectivity index (χ1) is 14.5. The number of benzene rings is 2. The van der Waals surface area contributed by atoms with E-state index in [4.69, 9.17) is 9.26 Å². The second-order valence-electron chi connectivity index (χ2n) is 7.97. The SMILES string of the molecule is Cc1cccc(-c2noc(CN(C)C(=O)C(C)Oc3ccc4c(c3)CCCC4)n2)c1. The van der Waals surface area contributed by atoms with Gasteiger partial charge in [-0.3, -0.25) is 4.79 Å².